The predicted molar refractivity (Wildman–Crippen MR) is 174 cm³/mol. The molecule has 0 saturated carbocycles. The average molecular weight is 552 g/mol. The van der Waals surface area contributed by atoms with E-state index >= 15 is 0 Å². The van der Waals surface area contributed by atoms with Gasteiger partial charge in [-0.3, -0.25) is 4.57 Å². The van der Waals surface area contributed by atoms with Crippen LogP contribution in [0.25, 0.3) is 73.0 Å². The summed E-state index contributed by atoms with van der Waals surface area (Å²) in [5.74, 6) is 1.21. The number of fused-ring (bicyclic) bond motifs is 3. The summed E-state index contributed by atoms with van der Waals surface area (Å²) < 4.78 is 2.09. The summed E-state index contributed by atoms with van der Waals surface area (Å²) in [5, 5.41) is 2.02. The number of hydrogen-bond acceptors (Lipinski definition) is 4. The Balaban J connectivity index is 1.50. The summed E-state index contributed by atoms with van der Waals surface area (Å²) in [6, 6.07) is 51.3. The molecule has 8 aromatic rings. The van der Waals surface area contributed by atoms with Crippen molar-refractivity contribution in [3.05, 3.63) is 152 Å². The Morgan fingerprint density at radius 3 is 1.49 bits per heavy atom. The van der Waals surface area contributed by atoms with Crippen molar-refractivity contribution in [2.24, 2.45) is 0 Å². The van der Waals surface area contributed by atoms with Crippen LogP contribution in [0.1, 0.15) is 0 Å². The molecule has 5 aromatic carbocycles. The summed E-state index contributed by atoms with van der Waals surface area (Å²) in [6.45, 7) is 0. The number of nitrogens with zero attached hydrogens (tertiary/aromatic N) is 5. The smallest absolute Gasteiger partial charge is 0.237 e. The number of hydrogen-bond donors (Lipinski definition) is 0. The maximum Gasteiger partial charge on any atom is 0.237 e. The Morgan fingerprint density at radius 2 is 0.907 bits per heavy atom. The van der Waals surface area contributed by atoms with Crippen molar-refractivity contribution in [1.82, 2.24) is 24.5 Å². The molecule has 3 heterocycles. The normalized spacial score (nSPS) is 11.3. The largest absolute Gasteiger partial charge is 0.262 e. The molecule has 202 valence electrons. The van der Waals surface area contributed by atoms with E-state index in [-0.39, 0.29) is 0 Å². The van der Waals surface area contributed by atoms with Crippen LogP contribution in [0.3, 0.4) is 0 Å². The predicted octanol–water partition coefficient (Wildman–Crippen LogP) is 9.03. The first-order valence-electron chi connectivity index (χ1n) is 14.3. The first-order valence-corrected chi connectivity index (χ1v) is 14.3. The molecule has 0 bridgehead atoms. The van der Waals surface area contributed by atoms with E-state index in [0.29, 0.717) is 11.8 Å². The summed E-state index contributed by atoms with van der Waals surface area (Å²) >= 11 is 0. The van der Waals surface area contributed by atoms with Gasteiger partial charge in [-0.1, -0.05) is 140 Å². The van der Waals surface area contributed by atoms with Gasteiger partial charge in [-0.15, -0.1) is 0 Å². The molecule has 0 spiro atoms. The minimum atomic E-state index is 0.558. The lowest BCUT2D eigenvalue weighted by atomic mass is 10.1. The van der Waals surface area contributed by atoms with Crippen LogP contribution in [0.5, 0.6) is 0 Å². The SMILES string of the molecule is c1ccc(-c2cc(-c3ccccc3)nc(-n3c4ccccc4c4c(-c5ccccc5)nc(-c5ccccc5)nc43)n2)cc1. The summed E-state index contributed by atoms with van der Waals surface area (Å²) in [4.78, 5) is 20.7. The van der Waals surface area contributed by atoms with Crippen molar-refractivity contribution < 1.29 is 0 Å². The van der Waals surface area contributed by atoms with Crippen molar-refractivity contribution in [3.8, 4) is 51.1 Å². The van der Waals surface area contributed by atoms with Crippen molar-refractivity contribution >= 4 is 21.9 Å². The van der Waals surface area contributed by atoms with Gasteiger partial charge in [-0.25, -0.2) is 19.9 Å². The molecule has 0 unspecified atom stereocenters. The van der Waals surface area contributed by atoms with Gasteiger partial charge in [0.2, 0.25) is 5.95 Å². The van der Waals surface area contributed by atoms with Gasteiger partial charge in [-0.2, -0.15) is 0 Å². The Kier molecular flexibility index (Phi) is 6.05. The van der Waals surface area contributed by atoms with Gasteiger partial charge in [0.15, 0.2) is 11.5 Å². The van der Waals surface area contributed by atoms with E-state index in [1.807, 2.05) is 91.0 Å². The third-order valence-corrected chi connectivity index (χ3v) is 7.65. The summed E-state index contributed by atoms with van der Waals surface area (Å²) in [6.07, 6.45) is 0. The fourth-order valence-corrected chi connectivity index (χ4v) is 5.62. The van der Waals surface area contributed by atoms with Gasteiger partial charge in [0.25, 0.3) is 0 Å². The standard InChI is InChI=1S/C38H25N5/c1-5-15-26(16-6-1)31-25-32(27-17-7-2-8-18-27)40-38(39-31)43-33-24-14-13-23-30(33)34-35(28-19-9-3-10-20-28)41-36(42-37(34)43)29-21-11-4-12-22-29/h1-25H. The van der Waals surface area contributed by atoms with Gasteiger partial charge < -0.3 is 0 Å². The van der Waals surface area contributed by atoms with E-state index in [9.17, 15) is 0 Å². The highest BCUT2D eigenvalue weighted by molar-refractivity contribution is 6.13. The fourth-order valence-electron chi connectivity index (χ4n) is 5.62. The molecule has 43 heavy (non-hydrogen) atoms. The highest BCUT2D eigenvalue weighted by Gasteiger charge is 2.22. The van der Waals surface area contributed by atoms with Crippen LogP contribution in [-0.2, 0) is 0 Å². The van der Waals surface area contributed by atoms with Crippen LogP contribution in [0, 0.1) is 0 Å². The molecule has 0 aliphatic heterocycles. The van der Waals surface area contributed by atoms with Crippen LogP contribution in [0.2, 0.25) is 0 Å². The molecule has 0 aliphatic carbocycles. The lowest BCUT2D eigenvalue weighted by Crippen LogP contribution is -2.05. The Labute approximate surface area is 248 Å². The summed E-state index contributed by atoms with van der Waals surface area (Å²) in [5.41, 5.74) is 8.31. The van der Waals surface area contributed by atoms with E-state index in [4.69, 9.17) is 19.9 Å². The zero-order chi connectivity index (χ0) is 28.6. The Hall–Kier alpha value is -5.94. The quantitative estimate of drug-likeness (QED) is 0.214. The van der Waals surface area contributed by atoms with Crippen molar-refractivity contribution in [2.45, 2.75) is 0 Å². The molecule has 0 saturated heterocycles. The molecule has 5 nitrogen and oxygen atoms in total. The number of aromatic nitrogens is 5. The molecule has 0 aliphatic rings. The van der Waals surface area contributed by atoms with Gasteiger partial charge in [0.05, 0.1) is 28.0 Å². The van der Waals surface area contributed by atoms with Crippen LogP contribution in [0.15, 0.2) is 152 Å². The van der Waals surface area contributed by atoms with E-state index < -0.39 is 0 Å². The van der Waals surface area contributed by atoms with Crippen LogP contribution in [-0.4, -0.2) is 24.5 Å². The molecule has 0 amide bonds. The van der Waals surface area contributed by atoms with E-state index in [2.05, 4.69) is 65.2 Å². The third kappa shape index (κ3) is 4.44. The van der Waals surface area contributed by atoms with Gasteiger partial charge in [0, 0.05) is 27.6 Å². The van der Waals surface area contributed by atoms with E-state index in [0.717, 1.165) is 61.3 Å². The fraction of sp³-hybridized carbons (Fsp3) is 0. The molecular formula is C38H25N5. The van der Waals surface area contributed by atoms with Crippen molar-refractivity contribution in [2.75, 3.05) is 0 Å². The second-order valence-corrected chi connectivity index (χ2v) is 10.3. The zero-order valence-electron chi connectivity index (χ0n) is 23.2. The lowest BCUT2D eigenvalue weighted by Gasteiger charge is -2.12. The number of benzene rings is 5. The second kappa shape index (κ2) is 10.5. The molecule has 0 atom stereocenters. The van der Waals surface area contributed by atoms with Crippen molar-refractivity contribution in [1.29, 1.82) is 0 Å². The van der Waals surface area contributed by atoms with Gasteiger partial charge in [-0.05, 0) is 12.1 Å². The van der Waals surface area contributed by atoms with Crippen LogP contribution in [0.4, 0.5) is 0 Å². The Bertz CT molecular complexity index is 2150. The first-order chi connectivity index (χ1) is 21.3. The first kappa shape index (κ1) is 24.8. The number of para-hydroxylation sites is 1. The zero-order valence-corrected chi connectivity index (χ0v) is 23.2. The number of rotatable bonds is 5. The van der Waals surface area contributed by atoms with Crippen molar-refractivity contribution in [3.63, 3.8) is 0 Å². The maximum atomic E-state index is 5.22. The van der Waals surface area contributed by atoms with E-state index in [1.165, 1.54) is 0 Å². The topological polar surface area (TPSA) is 56.5 Å². The average Bonchev–Trinajstić information content (AvgIpc) is 3.43. The highest BCUT2D eigenvalue weighted by Crippen LogP contribution is 2.38. The lowest BCUT2D eigenvalue weighted by molar-refractivity contribution is 0.979. The maximum absolute atomic E-state index is 5.22. The highest BCUT2D eigenvalue weighted by atomic mass is 15.2. The van der Waals surface area contributed by atoms with Crippen LogP contribution < -0.4 is 0 Å². The molecule has 0 fully saturated rings. The van der Waals surface area contributed by atoms with Crippen LogP contribution >= 0.6 is 0 Å². The van der Waals surface area contributed by atoms with Gasteiger partial charge >= 0.3 is 0 Å². The third-order valence-electron chi connectivity index (χ3n) is 7.65. The minimum Gasteiger partial charge on any atom is -0.262 e. The molecule has 3 aromatic heterocycles. The molecule has 0 N–H and O–H groups in total. The molecule has 5 heteroatoms. The monoisotopic (exact) mass is 551 g/mol. The van der Waals surface area contributed by atoms with Gasteiger partial charge in [0.1, 0.15) is 0 Å². The second-order valence-electron chi connectivity index (χ2n) is 10.3. The molecule has 8 rings (SSSR count). The minimum absolute atomic E-state index is 0.558. The van der Waals surface area contributed by atoms with E-state index in [1.54, 1.807) is 0 Å². The Morgan fingerprint density at radius 1 is 0.419 bits per heavy atom. The summed E-state index contributed by atoms with van der Waals surface area (Å²) in [7, 11) is 0. The molecule has 0 radical (unpaired) electrons. The molecular weight excluding hydrogens is 526 g/mol.